The molecule has 0 aliphatic heterocycles. The summed E-state index contributed by atoms with van der Waals surface area (Å²) in [5, 5.41) is 10.6. The van der Waals surface area contributed by atoms with Gasteiger partial charge in [-0.1, -0.05) is 18.2 Å². The van der Waals surface area contributed by atoms with Gasteiger partial charge in [0.05, 0.1) is 11.4 Å². The molecule has 0 saturated heterocycles. The molecule has 2 amide bonds. The number of amides is 2. The van der Waals surface area contributed by atoms with Crippen LogP contribution in [0.3, 0.4) is 0 Å². The second kappa shape index (κ2) is 8.76. The first-order valence-corrected chi connectivity index (χ1v) is 9.66. The molecule has 27 heavy (non-hydrogen) atoms. The predicted octanol–water partition coefficient (Wildman–Crippen LogP) is 1.36. The topological polar surface area (TPSA) is 122 Å². The van der Waals surface area contributed by atoms with Gasteiger partial charge in [-0.15, -0.1) is 0 Å². The first-order valence-electron chi connectivity index (χ1n) is 8.12. The van der Waals surface area contributed by atoms with Crippen molar-refractivity contribution in [3.63, 3.8) is 0 Å². The number of sulfonamides is 1. The summed E-state index contributed by atoms with van der Waals surface area (Å²) in [7, 11) is -2.12. The molecule has 4 N–H and O–H groups in total. The first kappa shape index (κ1) is 20.6. The molecular formula is C18H22N4O4S. The van der Waals surface area contributed by atoms with Crippen molar-refractivity contribution in [2.75, 3.05) is 24.2 Å². The number of likely N-dealkylation sites (N-methyl/N-ethyl adjacent to an activating group) is 1. The van der Waals surface area contributed by atoms with Crippen molar-refractivity contribution in [1.82, 2.24) is 4.90 Å². The molecule has 2 aromatic carbocycles. The average molecular weight is 390 g/mol. The lowest BCUT2D eigenvalue weighted by atomic mass is 10.2. The number of nitrogens with two attached hydrogens (primary N) is 1. The van der Waals surface area contributed by atoms with Crippen LogP contribution < -0.4 is 15.8 Å². The van der Waals surface area contributed by atoms with E-state index < -0.39 is 10.0 Å². The van der Waals surface area contributed by atoms with Gasteiger partial charge in [0.2, 0.25) is 21.8 Å². The maximum Gasteiger partial charge on any atom is 0.238 e. The highest BCUT2D eigenvalue weighted by atomic mass is 32.2. The summed E-state index contributed by atoms with van der Waals surface area (Å²) in [5.41, 5.74) is 1.75. The Bertz CT molecular complexity index is 927. The van der Waals surface area contributed by atoms with E-state index >= 15 is 0 Å². The SMILES string of the molecule is CC(=O)Nc1ccc(NC(=O)CN(C)Cc2ccccc2S(N)(=O)=O)cc1. The quantitative estimate of drug-likeness (QED) is 0.659. The summed E-state index contributed by atoms with van der Waals surface area (Å²) in [6, 6.07) is 13.1. The number of carbonyl (C=O) groups is 2. The summed E-state index contributed by atoms with van der Waals surface area (Å²) in [6.45, 7) is 1.73. The number of anilines is 2. The zero-order valence-corrected chi connectivity index (χ0v) is 15.9. The van der Waals surface area contributed by atoms with Crippen LogP contribution in [0.4, 0.5) is 11.4 Å². The number of rotatable bonds is 7. The molecule has 0 aliphatic carbocycles. The van der Waals surface area contributed by atoms with E-state index in [2.05, 4.69) is 10.6 Å². The zero-order chi connectivity index (χ0) is 20.0. The van der Waals surface area contributed by atoms with Crippen molar-refractivity contribution in [2.24, 2.45) is 5.14 Å². The molecule has 0 heterocycles. The Hall–Kier alpha value is -2.75. The minimum Gasteiger partial charge on any atom is -0.326 e. The molecule has 0 aromatic heterocycles. The molecule has 0 radical (unpaired) electrons. The second-order valence-corrected chi connectivity index (χ2v) is 7.66. The monoisotopic (exact) mass is 390 g/mol. The molecular weight excluding hydrogens is 368 g/mol. The van der Waals surface area contributed by atoms with Gasteiger partial charge in [-0.3, -0.25) is 14.5 Å². The van der Waals surface area contributed by atoms with Crippen LogP contribution in [0, 0.1) is 0 Å². The Morgan fingerprint density at radius 2 is 1.56 bits per heavy atom. The summed E-state index contributed by atoms with van der Waals surface area (Å²) >= 11 is 0. The normalized spacial score (nSPS) is 11.3. The Balaban J connectivity index is 1.95. The van der Waals surface area contributed by atoms with Gasteiger partial charge in [0.1, 0.15) is 0 Å². The van der Waals surface area contributed by atoms with Gasteiger partial charge in [0, 0.05) is 24.8 Å². The highest BCUT2D eigenvalue weighted by Crippen LogP contribution is 2.16. The van der Waals surface area contributed by atoms with Crippen LogP contribution in [0.2, 0.25) is 0 Å². The highest BCUT2D eigenvalue weighted by molar-refractivity contribution is 7.89. The number of hydrogen-bond donors (Lipinski definition) is 3. The number of nitrogens with zero attached hydrogens (tertiary/aromatic N) is 1. The molecule has 0 saturated carbocycles. The van der Waals surface area contributed by atoms with E-state index in [0.717, 1.165) is 0 Å². The van der Waals surface area contributed by atoms with Gasteiger partial charge >= 0.3 is 0 Å². The smallest absolute Gasteiger partial charge is 0.238 e. The molecule has 8 nitrogen and oxygen atoms in total. The molecule has 144 valence electrons. The number of hydrogen-bond acceptors (Lipinski definition) is 5. The molecule has 2 aromatic rings. The fourth-order valence-corrected chi connectivity index (χ4v) is 3.31. The van der Waals surface area contributed by atoms with Crippen LogP contribution in [0.25, 0.3) is 0 Å². The summed E-state index contributed by atoms with van der Waals surface area (Å²) < 4.78 is 23.3. The van der Waals surface area contributed by atoms with Crippen molar-refractivity contribution in [3.05, 3.63) is 54.1 Å². The predicted molar refractivity (Wildman–Crippen MR) is 104 cm³/mol. The third-order valence-electron chi connectivity index (χ3n) is 3.62. The first-order chi connectivity index (χ1) is 12.6. The largest absolute Gasteiger partial charge is 0.326 e. The molecule has 0 bridgehead atoms. The third kappa shape index (κ3) is 6.48. The molecule has 9 heteroatoms. The highest BCUT2D eigenvalue weighted by Gasteiger charge is 2.15. The lowest BCUT2D eigenvalue weighted by Crippen LogP contribution is -2.30. The minimum atomic E-state index is -3.83. The van der Waals surface area contributed by atoms with Gasteiger partial charge in [-0.2, -0.15) is 0 Å². The molecule has 0 atom stereocenters. The Morgan fingerprint density at radius 3 is 2.11 bits per heavy atom. The molecule has 2 rings (SSSR count). The van der Waals surface area contributed by atoms with Gasteiger partial charge in [0.25, 0.3) is 0 Å². The number of carbonyl (C=O) groups excluding carboxylic acids is 2. The van der Waals surface area contributed by atoms with Crippen molar-refractivity contribution < 1.29 is 18.0 Å². The zero-order valence-electron chi connectivity index (χ0n) is 15.1. The third-order valence-corrected chi connectivity index (χ3v) is 4.63. The lowest BCUT2D eigenvalue weighted by molar-refractivity contribution is -0.117. The van der Waals surface area contributed by atoms with Gasteiger partial charge < -0.3 is 10.6 Å². The van der Waals surface area contributed by atoms with Crippen LogP contribution in [0.5, 0.6) is 0 Å². The van der Waals surface area contributed by atoms with E-state index in [-0.39, 0.29) is 29.8 Å². The fraction of sp³-hybridized carbons (Fsp3) is 0.222. The molecule has 0 unspecified atom stereocenters. The van der Waals surface area contributed by atoms with Crippen molar-refractivity contribution in [3.8, 4) is 0 Å². The van der Waals surface area contributed by atoms with E-state index in [1.54, 1.807) is 54.4 Å². The van der Waals surface area contributed by atoms with Crippen LogP contribution in [0.1, 0.15) is 12.5 Å². The Morgan fingerprint density at radius 1 is 1.00 bits per heavy atom. The Labute approximate surface area is 158 Å². The molecule has 0 spiro atoms. The standard InChI is InChI=1S/C18H22N4O4S/c1-13(23)20-15-7-9-16(10-8-15)21-18(24)12-22(2)11-14-5-3-4-6-17(14)27(19,25)26/h3-10H,11-12H2,1-2H3,(H,20,23)(H,21,24)(H2,19,25,26). The van der Waals surface area contributed by atoms with Crippen molar-refractivity contribution in [1.29, 1.82) is 0 Å². The lowest BCUT2D eigenvalue weighted by Gasteiger charge is -2.18. The van der Waals surface area contributed by atoms with E-state index in [0.29, 0.717) is 16.9 Å². The maximum absolute atomic E-state index is 12.2. The van der Waals surface area contributed by atoms with E-state index in [4.69, 9.17) is 5.14 Å². The fourth-order valence-electron chi connectivity index (χ4n) is 2.54. The van der Waals surface area contributed by atoms with Crippen LogP contribution >= 0.6 is 0 Å². The van der Waals surface area contributed by atoms with Crippen LogP contribution in [-0.4, -0.2) is 38.7 Å². The van der Waals surface area contributed by atoms with Gasteiger partial charge in [-0.25, -0.2) is 13.6 Å². The van der Waals surface area contributed by atoms with Gasteiger partial charge in [0.15, 0.2) is 0 Å². The Kier molecular flexibility index (Phi) is 6.67. The van der Waals surface area contributed by atoms with Gasteiger partial charge in [-0.05, 0) is 42.9 Å². The minimum absolute atomic E-state index is 0.0471. The molecule has 0 fully saturated rings. The maximum atomic E-state index is 12.2. The van der Waals surface area contributed by atoms with Crippen LogP contribution in [-0.2, 0) is 26.2 Å². The van der Waals surface area contributed by atoms with E-state index in [1.807, 2.05) is 0 Å². The van der Waals surface area contributed by atoms with Crippen molar-refractivity contribution >= 4 is 33.2 Å². The van der Waals surface area contributed by atoms with Crippen LogP contribution in [0.15, 0.2) is 53.4 Å². The van der Waals surface area contributed by atoms with E-state index in [1.165, 1.54) is 13.0 Å². The second-order valence-electron chi connectivity index (χ2n) is 6.13. The molecule has 0 aliphatic rings. The van der Waals surface area contributed by atoms with E-state index in [9.17, 15) is 18.0 Å². The average Bonchev–Trinajstić information content (AvgIpc) is 2.55. The number of primary sulfonamides is 1. The van der Waals surface area contributed by atoms with Crippen molar-refractivity contribution in [2.45, 2.75) is 18.4 Å². The summed E-state index contributed by atoms with van der Waals surface area (Å²) in [5.74, 6) is -0.425. The summed E-state index contributed by atoms with van der Waals surface area (Å²) in [6.07, 6.45) is 0. The number of benzene rings is 2. The number of nitrogens with one attached hydrogen (secondary N) is 2. The summed E-state index contributed by atoms with van der Waals surface area (Å²) in [4.78, 5) is 24.9.